The third-order valence-corrected chi connectivity index (χ3v) is 3.62. The molecule has 0 radical (unpaired) electrons. The van der Waals surface area contributed by atoms with E-state index in [4.69, 9.17) is 0 Å². The molecule has 0 saturated heterocycles. The summed E-state index contributed by atoms with van der Waals surface area (Å²) in [4.78, 5) is 8.45. The number of hydrogen-bond acceptors (Lipinski definition) is 4. The molecule has 0 saturated carbocycles. The molecule has 0 aliphatic carbocycles. The number of aliphatic hydroxyl groups excluding tert-OH is 1. The molecule has 0 aliphatic rings. The van der Waals surface area contributed by atoms with Crippen LogP contribution in [-0.2, 0) is 7.05 Å². The van der Waals surface area contributed by atoms with E-state index in [2.05, 4.69) is 31.0 Å². The van der Waals surface area contributed by atoms with Gasteiger partial charge < -0.3 is 5.11 Å². The first-order chi connectivity index (χ1) is 9.16. The predicted octanol–water partition coefficient (Wildman–Crippen LogP) is 2.21. The maximum atomic E-state index is 10.5. The third-order valence-electron chi connectivity index (χ3n) is 3.01. The van der Waals surface area contributed by atoms with Crippen molar-refractivity contribution in [2.45, 2.75) is 6.10 Å². The van der Waals surface area contributed by atoms with Crippen molar-refractivity contribution in [2.24, 2.45) is 7.05 Å². The van der Waals surface area contributed by atoms with Crippen LogP contribution in [-0.4, -0.2) is 24.9 Å². The van der Waals surface area contributed by atoms with E-state index in [-0.39, 0.29) is 0 Å². The van der Waals surface area contributed by atoms with E-state index in [1.165, 1.54) is 0 Å². The van der Waals surface area contributed by atoms with Gasteiger partial charge in [-0.2, -0.15) is 5.10 Å². The van der Waals surface area contributed by atoms with Crippen LogP contribution in [0.2, 0.25) is 0 Å². The minimum atomic E-state index is -0.756. The Morgan fingerprint density at radius 2 is 1.95 bits per heavy atom. The average molecular weight is 319 g/mol. The van der Waals surface area contributed by atoms with Crippen LogP contribution in [0.5, 0.6) is 0 Å². The van der Waals surface area contributed by atoms with Crippen LogP contribution in [0.25, 0.3) is 11.0 Å². The Hall–Kier alpha value is -1.79. The van der Waals surface area contributed by atoms with Gasteiger partial charge in [-0.15, -0.1) is 0 Å². The molecule has 3 rings (SSSR count). The molecule has 3 aromatic rings. The Balaban J connectivity index is 2.09. The van der Waals surface area contributed by atoms with E-state index in [0.29, 0.717) is 5.69 Å². The molecule has 0 aliphatic heterocycles. The Morgan fingerprint density at radius 1 is 1.21 bits per heavy atom. The molecule has 0 amide bonds. The molecule has 0 bridgehead atoms. The van der Waals surface area contributed by atoms with Gasteiger partial charge in [-0.3, -0.25) is 14.6 Å². The van der Waals surface area contributed by atoms with Crippen molar-refractivity contribution < 1.29 is 5.11 Å². The summed E-state index contributed by atoms with van der Waals surface area (Å²) < 4.78 is 2.43. The molecule has 2 aromatic heterocycles. The van der Waals surface area contributed by atoms with Crippen LogP contribution in [0, 0.1) is 0 Å². The van der Waals surface area contributed by atoms with Gasteiger partial charge in [0.1, 0.15) is 6.10 Å². The Bertz CT molecular complexity index is 721. The number of aliphatic hydroxyl groups is 1. The normalized spacial score (nSPS) is 12.8. The number of aryl methyl sites for hydroxylation is 1. The Kier molecular flexibility index (Phi) is 3.04. The van der Waals surface area contributed by atoms with Crippen LogP contribution >= 0.6 is 15.9 Å². The van der Waals surface area contributed by atoms with Gasteiger partial charge in [0.25, 0.3) is 0 Å². The minimum Gasteiger partial charge on any atom is -0.382 e. The number of benzene rings is 1. The molecule has 19 heavy (non-hydrogen) atoms. The zero-order valence-electron chi connectivity index (χ0n) is 10.2. The van der Waals surface area contributed by atoms with Gasteiger partial charge >= 0.3 is 0 Å². The molecule has 1 unspecified atom stereocenters. The highest BCUT2D eigenvalue weighted by Gasteiger charge is 2.18. The summed E-state index contributed by atoms with van der Waals surface area (Å²) >= 11 is 3.39. The number of nitrogens with zero attached hydrogens (tertiary/aromatic N) is 4. The highest BCUT2D eigenvalue weighted by atomic mass is 79.9. The number of aromatic nitrogens is 4. The molecule has 96 valence electrons. The second kappa shape index (κ2) is 4.71. The standard InChI is InChI=1S/C13H11BrN4O/c1-18-12(9(14)7-17-18)13(19)8-2-3-10-11(6-8)16-5-4-15-10/h2-7,13,19H,1H3. The molecule has 2 heterocycles. The van der Waals surface area contributed by atoms with E-state index in [0.717, 1.165) is 21.1 Å². The molecule has 1 atom stereocenters. The minimum absolute atomic E-state index is 0.711. The number of halogens is 1. The second-order valence-corrected chi connectivity index (χ2v) is 5.06. The lowest BCUT2D eigenvalue weighted by Gasteiger charge is -2.12. The first-order valence-electron chi connectivity index (χ1n) is 5.73. The van der Waals surface area contributed by atoms with Gasteiger partial charge in [0, 0.05) is 19.4 Å². The first-order valence-corrected chi connectivity index (χ1v) is 6.52. The van der Waals surface area contributed by atoms with Gasteiger partial charge in [-0.05, 0) is 33.6 Å². The molecule has 0 fully saturated rings. The fourth-order valence-corrected chi connectivity index (χ4v) is 2.60. The largest absolute Gasteiger partial charge is 0.382 e. The summed E-state index contributed by atoms with van der Waals surface area (Å²) in [7, 11) is 1.80. The van der Waals surface area contributed by atoms with Crippen molar-refractivity contribution in [3.63, 3.8) is 0 Å². The highest BCUT2D eigenvalue weighted by molar-refractivity contribution is 9.10. The lowest BCUT2D eigenvalue weighted by atomic mass is 10.1. The van der Waals surface area contributed by atoms with Crippen LogP contribution in [0.15, 0.2) is 41.3 Å². The lowest BCUT2D eigenvalue weighted by Crippen LogP contribution is -2.07. The molecule has 6 heteroatoms. The third kappa shape index (κ3) is 2.13. The SMILES string of the molecule is Cn1ncc(Br)c1C(O)c1ccc2nccnc2c1. The number of fused-ring (bicyclic) bond motifs is 1. The fourth-order valence-electron chi connectivity index (χ4n) is 2.04. The monoisotopic (exact) mass is 318 g/mol. The van der Waals surface area contributed by atoms with Crippen molar-refractivity contribution in [3.8, 4) is 0 Å². The van der Waals surface area contributed by atoms with Gasteiger partial charge in [-0.25, -0.2) is 0 Å². The van der Waals surface area contributed by atoms with Gasteiger partial charge in [-0.1, -0.05) is 6.07 Å². The van der Waals surface area contributed by atoms with Crippen molar-refractivity contribution in [1.82, 2.24) is 19.7 Å². The molecular formula is C13H11BrN4O. The molecule has 0 spiro atoms. The summed E-state index contributed by atoms with van der Waals surface area (Å²) in [6.45, 7) is 0. The van der Waals surface area contributed by atoms with Crippen LogP contribution in [0.1, 0.15) is 17.4 Å². The van der Waals surface area contributed by atoms with Crippen molar-refractivity contribution in [1.29, 1.82) is 0 Å². The summed E-state index contributed by atoms with van der Waals surface area (Å²) in [5, 5.41) is 14.6. The van der Waals surface area contributed by atoms with Crippen LogP contribution in [0.4, 0.5) is 0 Å². The van der Waals surface area contributed by atoms with E-state index in [9.17, 15) is 5.11 Å². The van der Waals surface area contributed by atoms with Gasteiger partial charge in [0.2, 0.25) is 0 Å². The highest BCUT2D eigenvalue weighted by Crippen LogP contribution is 2.28. The van der Waals surface area contributed by atoms with Crippen LogP contribution < -0.4 is 0 Å². The molecule has 5 nitrogen and oxygen atoms in total. The predicted molar refractivity (Wildman–Crippen MR) is 74.5 cm³/mol. The summed E-state index contributed by atoms with van der Waals surface area (Å²) in [5.74, 6) is 0. The molecule has 1 aromatic carbocycles. The Morgan fingerprint density at radius 3 is 2.63 bits per heavy atom. The zero-order valence-corrected chi connectivity index (χ0v) is 11.7. The first kappa shape index (κ1) is 12.3. The van der Waals surface area contributed by atoms with E-state index in [1.54, 1.807) is 30.3 Å². The lowest BCUT2D eigenvalue weighted by molar-refractivity contribution is 0.209. The van der Waals surface area contributed by atoms with Crippen molar-refractivity contribution in [2.75, 3.05) is 0 Å². The maximum Gasteiger partial charge on any atom is 0.122 e. The second-order valence-electron chi connectivity index (χ2n) is 4.21. The van der Waals surface area contributed by atoms with E-state index < -0.39 is 6.10 Å². The van der Waals surface area contributed by atoms with Gasteiger partial charge in [0.05, 0.1) is 27.4 Å². The van der Waals surface area contributed by atoms with E-state index >= 15 is 0 Å². The Labute approximate surface area is 118 Å². The summed E-state index contributed by atoms with van der Waals surface area (Å²) in [6.07, 6.45) is 4.20. The van der Waals surface area contributed by atoms with Crippen molar-refractivity contribution >= 4 is 27.0 Å². The average Bonchev–Trinajstić information content (AvgIpc) is 2.77. The van der Waals surface area contributed by atoms with Crippen LogP contribution in [0.3, 0.4) is 0 Å². The summed E-state index contributed by atoms with van der Waals surface area (Å²) in [6, 6.07) is 5.54. The maximum absolute atomic E-state index is 10.5. The molecule has 1 N–H and O–H groups in total. The smallest absolute Gasteiger partial charge is 0.122 e. The zero-order chi connectivity index (χ0) is 13.4. The van der Waals surface area contributed by atoms with Crippen molar-refractivity contribution in [3.05, 3.63) is 52.5 Å². The summed E-state index contributed by atoms with van der Waals surface area (Å²) in [5.41, 5.74) is 3.04. The van der Waals surface area contributed by atoms with Gasteiger partial charge in [0.15, 0.2) is 0 Å². The molecular weight excluding hydrogens is 308 g/mol. The fraction of sp³-hybridized carbons (Fsp3) is 0.154. The number of hydrogen-bond donors (Lipinski definition) is 1. The topological polar surface area (TPSA) is 63.8 Å². The van der Waals surface area contributed by atoms with E-state index in [1.807, 2.05) is 18.2 Å². The quantitative estimate of drug-likeness (QED) is 0.786. The number of rotatable bonds is 2.